The molecule has 0 aliphatic carbocycles. The smallest absolute Gasteiger partial charge is 0.164 e. The predicted octanol–water partition coefficient (Wildman–Crippen LogP) is 5.26. The van der Waals surface area contributed by atoms with E-state index in [0.29, 0.717) is 30.2 Å². The Bertz CT molecular complexity index is 800. The Labute approximate surface area is 143 Å². The van der Waals surface area contributed by atoms with Gasteiger partial charge in [-0.25, -0.2) is 9.97 Å². The van der Waals surface area contributed by atoms with Gasteiger partial charge in [0.2, 0.25) is 0 Å². The molecule has 3 aromatic rings. The van der Waals surface area contributed by atoms with Gasteiger partial charge in [-0.05, 0) is 46.9 Å². The van der Waals surface area contributed by atoms with Crippen molar-refractivity contribution >= 4 is 68.3 Å². The van der Waals surface area contributed by atoms with Crippen LogP contribution >= 0.6 is 57.4 Å². The second-order valence-electron chi connectivity index (χ2n) is 3.94. The third kappa shape index (κ3) is 2.45. The average Bonchev–Trinajstić information content (AvgIpc) is 2.45. The van der Waals surface area contributed by atoms with Crippen molar-refractivity contribution in [3.63, 3.8) is 0 Å². The molecule has 2 aromatic heterocycles. The Morgan fingerprint density at radius 3 is 2.35 bits per heavy atom. The third-order valence-electron chi connectivity index (χ3n) is 2.73. The van der Waals surface area contributed by atoms with Crippen molar-refractivity contribution in [2.24, 2.45) is 0 Å². The summed E-state index contributed by atoms with van der Waals surface area (Å²) in [5.41, 5.74) is 1.46. The highest BCUT2D eigenvalue weighted by atomic mass is 127. The summed E-state index contributed by atoms with van der Waals surface area (Å²) in [5, 5.41) is 2.10. The Morgan fingerprint density at radius 2 is 1.65 bits per heavy atom. The largest absolute Gasteiger partial charge is 0.255 e. The third-order valence-corrected chi connectivity index (χ3v) is 5.26. The van der Waals surface area contributed by atoms with E-state index in [1.165, 1.54) is 0 Å². The first kappa shape index (κ1) is 14.3. The first-order chi connectivity index (χ1) is 9.58. The fraction of sp³-hybridized carbons (Fsp3) is 0. The summed E-state index contributed by atoms with van der Waals surface area (Å²) in [7, 11) is 0. The average molecular weight is 436 g/mol. The van der Waals surface area contributed by atoms with Gasteiger partial charge in [0.05, 0.1) is 14.1 Å². The predicted molar refractivity (Wildman–Crippen MR) is 90.5 cm³/mol. The Hall–Kier alpha value is -0.690. The summed E-state index contributed by atoms with van der Waals surface area (Å²) in [4.78, 5) is 12.9. The van der Waals surface area contributed by atoms with E-state index in [-0.39, 0.29) is 0 Å². The molecule has 0 saturated carbocycles. The molecule has 0 spiro atoms. The summed E-state index contributed by atoms with van der Waals surface area (Å²) in [6.45, 7) is 0. The molecule has 0 aliphatic rings. The number of hydrogen-bond donors (Lipinski definition) is 0. The van der Waals surface area contributed by atoms with Gasteiger partial charge in [0.15, 0.2) is 5.82 Å². The van der Waals surface area contributed by atoms with Crippen LogP contribution in [0.1, 0.15) is 0 Å². The van der Waals surface area contributed by atoms with Gasteiger partial charge >= 0.3 is 0 Å². The van der Waals surface area contributed by atoms with Crippen LogP contribution in [0.15, 0.2) is 30.5 Å². The van der Waals surface area contributed by atoms with Crippen molar-refractivity contribution in [3.8, 4) is 11.4 Å². The summed E-state index contributed by atoms with van der Waals surface area (Å²) in [6, 6.07) is 7.31. The van der Waals surface area contributed by atoms with E-state index in [1.54, 1.807) is 12.3 Å². The number of nitrogens with zero attached hydrogens (tertiary/aromatic N) is 3. The number of aromatic nitrogens is 3. The summed E-state index contributed by atoms with van der Waals surface area (Å²) in [6.07, 6.45) is 1.69. The molecule has 20 heavy (non-hydrogen) atoms. The van der Waals surface area contributed by atoms with E-state index >= 15 is 0 Å². The minimum Gasteiger partial charge on any atom is -0.255 e. The van der Waals surface area contributed by atoms with Gasteiger partial charge in [-0.1, -0.05) is 34.8 Å². The van der Waals surface area contributed by atoms with Crippen molar-refractivity contribution in [1.29, 1.82) is 0 Å². The van der Waals surface area contributed by atoms with Gasteiger partial charge in [0, 0.05) is 17.1 Å². The molecule has 0 saturated heterocycles. The van der Waals surface area contributed by atoms with Crippen molar-refractivity contribution < 1.29 is 0 Å². The van der Waals surface area contributed by atoms with Crippen LogP contribution < -0.4 is 0 Å². The van der Waals surface area contributed by atoms with Crippen LogP contribution in [-0.4, -0.2) is 15.0 Å². The molecular formula is C13H5Cl3IN3. The Balaban J connectivity index is 2.33. The van der Waals surface area contributed by atoms with E-state index < -0.39 is 0 Å². The number of pyridine rings is 1. The number of rotatable bonds is 1. The minimum absolute atomic E-state index is 0.319. The van der Waals surface area contributed by atoms with Crippen LogP contribution in [-0.2, 0) is 0 Å². The molecule has 0 amide bonds. The molecule has 100 valence electrons. The molecule has 0 atom stereocenters. The van der Waals surface area contributed by atoms with Crippen molar-refractivity contribution in [2.75, 3.05) is 0 Å². The van der Waals surface area contributed by atoms with Gasteiger partial charge in [0.25, 0.3) is 0 Å². The standard InChI is InChI=1S/C13H5Cl3IN3/c14-8-4-3-7(10-6(8)2-1-5-18-10)13-19-11(15)9(17)12(16)20-13/h1-5H. The number of hydrogen-bond acceptors (Lipinski definition) is 3. The highest BCUT2D eigenvalue weighted by Gasteiger charge is 2.14. The van der Waals surface area contributed by atoms with E-state index in [9.17, 15) is 0 Å². The number of fused-ring (bicyclic) bond motifs is 1. The zero-order valence-electron chi connectivity index (χ0n) is 9.74. The quantitative estimate of drug-likeness (QED) is 0.386. The SMILES string of the molecule is Clc1nc(-c2ccc(Cl)c3cccnc23)nc(Cl)c1I. The number of halogens is 4. The topological polar surface area (TPSA) is 38.7 Å². The summed E-state index contributed by atoms with van der Waals surface area (Å²) in [5.74, 6) is 0.431. The molecule has 0 aliphatic heterocycles. The van der Waals surface area contributed by atoms with E-state index in [0.717, 1.165) is 10.9 Å². The van der Waals surface area contributed by atoms with Crippen LogP contribution in [0.4, 0.5) is 0 Å². The molecule has 7 heteroatoms. The van der Waals surface area contributed by atoms with Gasteiger partial charge in [-0.2, -0.15) is 0 Å². The molecule has 2 heterocycles. The van der Waals surface area contributed by atoms with Gasteiger partial charge in [-0.15, -0.1) is 0 Å². The number of benzene rings is 1. The van der Waals surface area contributed by atoms with Crippen molar-refractivity contribution in [2.45, 2.75) is 0 Å². The molecule has 0 unspecified atom stereocenters. The first-order valence-corrected chi connectivity index (χ1v) is 7.71. The van der Waals surface area contributed by atoms with Crippen LogP contribution in [0.2, 0.25) is 15.3 Å². The molecular weight excluding hydrogens is 431 g/mol. The lowest BCUT2D eigenvalue weighted by Gasteiger charge is -2.07. The zero-order chi connectivity index (χ0) is 14.3. The highest BCUT2D eigenvalue weighted by Crippen LogP contribution is 2.32. The van der Waals surface area contributed by atoms with E-state index in [2.05, 4.69) is 15.0 Å². The summed E-state index contributed by atoms with van der Waals surface area (Å²) >= 11 is 20.3. The molecule has 3 nitrogen and oxygen atoms in total. The first-order valence-electron chi connectivity index (χ1n) is 5.50. The highest BCUT2D eigenvalue weighted by molar-refractivity contribution is 14.1. The second-order valence-corrected chi connectivity index (χ2v) is 6.14. The van der Waals surface area contributed by atoms with E-state index in [1.807, 2.05) is 40.8 Å². The van der Waals surface area contributed by atoms with Gasteiger partial charge in [0.1, 0.15) is 10.3 Å². The molecule has 0 fully saturated rings. The van der Waals surface area contributed by atoms with Crippen LogP contribution in [0, 0.1) is 3.57 Å². The second kappa shape index (κ2) is 5.60. The maximum atomic E-state index is 6.17. The lowest BCUT2D eigenvalue weighted by atomic mass is 10.1. The molecule has 0 N–H and O–H groups in total. The van der Waals surface area contributed by atoms with Gasteiger partial charge in [-0.3, -0.25) is 4.98 Å². The molecule has 0 bridgehead atoms. The Morgan fingerprint density at radius 1 is 0.950 bits per heavy atom. The zero-order valence-corrected chi connectivity index (χ0v) is 14.2. The molecule has 1 aromatic carbocycles. The van der Waals surface area contributed by atoms with Crippen LogP contribution in [0.25, 0.3) is 22.3 Å². The van der Waals surface area contributed by atoms with Crippen LogP contribution in [0.5, 0.6) is 0 Å². The lowest BCUT2D eigenvalue weighted by Crippen LogP contribution is -1.95. The maximum Gasteiger partial charge on any atom is 0.164 e. The molecule has 0 radical (unpaired) electrons. The van der Waals surface area contributed by atoms with Crippen LogP contribution in [0.3, 0.4) is 0 Å². The van der Waals surface area contributed by atoms with Gasteiger partial charge < -0.3 is 0 Å². The minimum atomic E-state index is 0.319. The fourth-order valence-corrected chi connectivity index (χ4v) is 2.68. The Kier molecular flexibility index (Phi) is 3.99. The van der Waals surface area contributed by atoms with E-state index in [4.69, 9.17) is 34.8 Å². The maximum absolute atomic E-state index is 6.17. The normalized spacial score (nSPS) is 11.0. The molecule has 3 rings (SSSR count). The van der Waals surface area contributed by atoms with Crippen molar-refractivity contribution in [3.05, 3.63) is 49.4 Å². The summed E-state index contributed by atoms with van der Waals surface area (Å²) < 4.78 is 0.626. The van der Waals surface area contributed by atoms with Crippen molar-refractivity contribution in [1.82, 2.24) is 15.0 Å². The fourth-order valence-electron chi connectivity index (χ4n) is 1.83. The lowest BCUT2D eigenvalue weighted by molar-refractivity contribution is 1.16. The monoisotopic (exact) mass is 435 g/mol.